The summed E-state index contributed by atoms with van der Waals surface area (Å²) >= 11 is 8.28. The van der Waals surface area contributed by atoms with Crippen molar-refractivity contribution in [2.24, 2.45) is 7.05 Å². The topological polar surface area (TPSA) is 29.9 Å². The first-order valence-corrected chi connectivity index (χ1v) is 8.81. The lowest BCUT2D eigenvalue weighted by molar-refractivity contribution is 0.488. The zero-order valence-electron chi connectivity index (χ0n) is 13.0. The largest absolute Gasteiger partial charge is 0.317 e. The molecule has 0 saturated heterocycles. The molecule has 0 radical (unpaired) electrons. The molecule has 2 aromatic rings. The van der Waals surface area contributed by atoms with Crippen LogP contribution in [0.5, 0.6) is 0 Å². The molecule has 0 aromatic carbocycles. The summed E-state index contributed by atoms with van der Waals surface area (Å²) in [6.07, 6.45) is 5.33. The Labute approximate surface area is 136 Å². The Kier molecular flexibility index (Phi) is 6.27. The van der Waals surface area contributed by atoms with Gasteiger partial charge in [-0.25, -0.2) is 0 Å². The fourth-order valence-corrected chi connectivity index (χ4v) is 3.72. The predicted octanol–water partition coefficient (Wildman–Crippen LogP) is 3.85. The van der Waals surface area contributed by atoms with Gasteiger partial charge in [-0.2, -0.15) is 5.10 Å². The Hall–Kier alpha value is -0.840. The van der Waals surface area contributed by atoms with E-state index in [1.165, 1.54) is 11.3 Å². The second-order valence-electron chi connectivity index (χ2n) is 5.35. The van der Waals surface area contributed by atoms with E-state index >= 15 is 0 Å². The van der Waals surface area contributed by atoms with Crippen LogP contribution in [0.2, 0.25) is 5.02 Å². The Morgan fingerprint density at radius 2 is 2.29 bits per heavy atom. The molecule has 0 bridgehead atoms. The number of likely N-dealkylation sites (N-methyl/N-ethyl adjacent to an activating group) is 1. The average molecular weight is 326 g/mol. The van der Waals surface area contributed by atoms with Crippen LogP contribution in [0.25, 0.3) is 0 Å². The van der Waals surface area contributed by atoms with Gasteiger partial charge in [0.25, 0.3) is 0 Å². The highest BCUT2D eigenvalue weighted by molar-refractivity contribution is 7.09. The summed E-state index contributed by atoms with van der Waals surface area (Å²) in [5.41, 5.74) is 2.14. The minimum atomic E-state index is 0.447. The van der Waals surface area contributed by atoms with Crippen molar-refractivity contribution < 1.29 is 0 Å². The standard InChI is InChI=1S/C16H24ClN3S/c1-4-14-16(17)15(20(3)19-14)11-12(18-2)7-5-8-13-9-6-10-21-13/h6,9-10,12,18H,4-5,7-8,11H2,1-3H3. The number of aryl methyl sites for hydroxylation is 3. The molecule has 0 saturated carbocycles. The predicted molar refractivity (Wildman–Crippen MR) is 91.4 cm³/mol. The normalized spacial score (nSPS) is 12.8. The lowest BCUT2D eigenvalue weighted by atomic mass is 10.0. The van der Waals surface area contributed by atoms with Crippen LogP contribution in [0, 0.1) is 0 Å². The lowest BCUT2D eigenvalue weighted by Gasteiger charge is -2.16. The van der Waals surface area contributed by atoms with Gasteiger partial charge < -0.3 is 5.32 Å². The van der Waals surface area contributed by atoms with Gasteiger partial charge in [0, 0.05) is 24.4 Å². The van der Waals surface area contributed by atoms with E-state index in [2.05, 4.69) is 34.9 Å². The third-order valence-electron chi connectivity index (χ3n) is 3.91. The van der Waals surface area contributed by atoms with Crippen LogP contribution in [-0.4, -0.2) is 22.9 Å². The smallest absolute Gasteiger partial charge is 0.0850 e. The molecular weight excluding hydrogens is 302 g/mol. The Balaban J connectivity index is 1.91. The molecule has 3 nitrogen and oxygen atoms in total. The van der Waals surface area contributed by atoms with Crippen LogP contribution in [0.4, 0.5) is 0 Å². The maximum atomic E-state index is 6.44. The minimum Gasteiger partial charge on any atom is -0.317 e. The van der Waals surface area contributed by atoms with Crippen molar-refractivity contribution in [2.45, 2.75) is 45.1 Å². The van der Waals surface area contributed by atoms with Gasteiger partial charge in [0.2, 0.25) is 0 Å². The van der Waals surface area contributed by atoms with E-state index in [0.29, 0.717) is 6.04 Å². The number of rotatable bonds is 8. The average Bonchev–Trinajstić information content (AvgIpc) is 3.08. The summed E-state index contributed by atoms with van der Waals surface area (Å²) in [5, 5.41) is 10.9. The minimum absolute atomic E-state index is 0.447. The monoisotopic (exact) mass is 325 g/mol. The van der Waals surface area contributed by atoms with Crippen molar-refractivity contribution in [2.75, 3.05) is 7.05 Å². The fraction of sp³-hybridized carbons (Fsp3) is 0.562. The molecule has 1 atom stereocenters. The highest BCUT2D eigenvalue weighted by atomic mass is 35.5. The highest BCUT2D eigenvalue weighted by Gasteiger charge is 2.17. The van der Waals surface area contributed by atoms with E-state index in [-0.39, 0.29) is 0 Å². The van der Waals surface area contributed by atoms with E-state index in [4.69, 9.17) is 11.6 Å². The SMILES string of the molecule is CCc1nn(C)c(CC(CCCc2cccs2)NC)c1Cl. The van der Waals surface area contributed by atoms with Crippen LogP contribution in [0.3, 0.4) is 0 Å². The van der Waals surface area contributed by atoms with Crippen LogP contribution < -0.4 is 5.32 Å². The molecule has 116 valence electrons. The molecule has 0 spiro atoms. The molecule has 2 rings (SSSR count). The quantitative estimate of drug-likeness (QED) is 0.799. The van der Waals surface area contributed by atoms with E-state index in [9.17, 15) is 0 Å². The first kappa shape index (κ1) is 16.5. The van der Waals surface area contributed by atoms with Gasteiger partial charge in [-0.3, -0.25) is 4.68 Å². The first-order valence-electron chi connectivity index (χ1n) is 7.55. The third-order valence-corrected chi connectivity index (χ3v) is 5.28. The van der Waals surface area contributed by atoms with E-state index < -0.39 is 0 Å². The number of nitrogens with zero attached hydrogens (tertiary/aromatic N) is 2. The van der Waals surface area contributed by atoms with Gasteiger partial charge in [0.1, 0.15) is 0 Å². The van der Waals surface area contributed by atoms with E-state index in [1.807, 2.05) is 30.1 Å². The molecule has 2 heterocycles. The number of nitrogens with one attached hydrogen (secondary N) is 1. The molecule has 1 unspecified atom stereocenters. The van der Waals surface area contributed by atoms with Gasteiger partial charge >= 0.3 is 0 Å². The molecule has 0 aliphatic carbocycles. The second kappa shape index (κ2) is 7.97. The Morgan fingerprint density at radius 3 is 2.86 bits per heavy atom. The maximum Gasteiger partial charge on any atom is 0.0850 e. The number of aromatic nitrogens is 2. The zero-order valence-corrected chi connectivity index (χ0v) is 14.6. The molecule has 0 aliphatic rings. The van der Waals surface area contributed by atoms with Gasteiger partial charge in [-0.15, -0.1) is 11.3 Å². The summed E-state index contributed by atoms with van der Waals surface area (Å²) in [7, 11) is 4.01. The van der Waals surface area contributed by atoms with Gasteiger partial charge in [-0.05, 0) is 44.2 Å². The van der Waals surface area contributed by atoms with Crippen molar-refractivity contribution in [1.29, 1.82) is 0 Å². The summed E-state index contributed by atoms with van der Waals surface area (Å²) in [5.74, 6) is 0. The van der Waals surface area contributed by atoms with Crippen molar-refractivity contribution in [1.82, 2.24) is 15.1 Å². The van der Waals surface area contributed by atoms with Crippen LogP contribution in [0.15, 0.2) is 17.5 Å². The molecule has 1 N–H and O–H groups in total. The van der Waals surface area contributed by atoms with Crippen LogP contribution in [-0.2, 0) is 26.3 Å². The summed E-state index contributed by atoms with van der Waals surface area (Å²) in [4.78, 5) is 1.47. The van der Waals surface area contributed by atoms with Crippen LogP contribution in [0.1, 0.15) is 36.0 Å². The molecule has 0 amide bonds. The fourth-order valence-electron chi connectivity index (χ4n) is 2.60. The maximum absolute atomic E-state index is 6.44. The molecule has 5 heteroatoms. The van der Waals surface area contributed by atoms with Crippen molar-refractivity contribution >= 4 is 22.9 Å². The molecular formula is C16H24ClN3S. The number of thiophene rings is 1. The molecule has 0 fully saturated rings. The summed E-state index contributed by atoms with van der Waals surface area (Å²) in [6.45, 7) is 2.09. The second-order valence-corrected chi connectivity index (χ2v) is 6.76. The van der Waals surface area contributed by atoms with Crippen molar-refractivity contribution in [3.8, 4) is 0 Å². The summed E-state index contributed by atoms with van der Waals surface area (Å²) in [6, 6.07) is 4.78. The number of hydrogen-bond acceptors (Lipinski definition) is 3. The van der Waals surface area contributed by atoms with Crippen molar-refractivity contribution in [3.05, 3.63) is 38.8 Å². The Morgan fingerprint density at radius 1 is 1.48 bits per heavy atom. The third kappa shape index (κ3) is 4.31. The van der Waals surface area contributed by atoms with Gasteiger partial charge in [0.15, 0.2) is 0 Å². The molecule has 2 aromatic heterocycles. The molecule has 21 heavy (non-hydrogen) atoms. The van der Waals surface area contributed by atoms with Gasteiger partial charge in [-0.1, -0.05) is 24.6 Å². The Bertz CT molecular complexity index is 548. The molecule has 0 aliphatic heterocycles. The number of halogens is 1. The first-order chi connectivity index (χ1) is 10.2. The van der Waals surface area contributed by atoms with E-state index in [0.717, 1.165) is 42.1 Å². The van der Waals surface area contributed by atoms with E-state index in [1.54, 1.807) is 0 Å². The zero-order chi connectivity index (χ0) is 15.2. The number of hydrogen-bond donors (Lipinski definition) is 1. The van der Waals surface area contributed by atoms with Crippen molar-refractivity contribution in [3.63, 3.8) is 0 Å². The van der Waals surface area contributed by atoms with Gasteiger partial charge in [0.05, 0.1) is 16.4 Å². The van der Waals surface area contributed by atoms with Crippen LogP contribution >= 0.6 is 22.9 Å². The highest BCUT2D eigenvalue weighted by Crippen LogP contribution is 2.23. The lowest BCUT2D eigenvalue weighted by Crippen LogP contribution is -2.28. The summed E-state index contributed by atoms with van der Waals surface area (Å²) < 4.78 is 1.94.